The quantitative estimate of drug-likeness (QED) is 0.853. The van der Waals surface area contributed by atoms with Crippen molar-refractivity contribution in [3.63, 3.8) is 0 Å². The molecule has 0 aliphatic heterocycles. The molecule has 0 unspecified atom stereocenters. The molecule has 104 valence electrons. The second kappa shape index (κ2) is 5.81. The molecule has 2 heterocycles. The van der Waals surface area contributed by atoms with Crippen LogP contribution in [-0.4, -0.2) is 37.6 Å². The van der Waals surface area contributed by atoms with Crippen LogP contribution in [-0.2, 0) is 0 Å². The van der Waals surface area contributed by atoms with E-state index in [0.29, 0.717) is 12.3 Å². The number of carbonyl (C=O) groups is 1. The first kappa shape index (κ1) is 15.8. The predicted molar refractivity (Wildman–Crippen MR) is 76.3 cm³/mol. The molecule has 1 amide bonds. The fraction of sp³-hybridized carbons (Fsp3) is 0.400. The molecule has 2 aromatic heterocycles. The maximum Gasteiger partial charge on any atom is 0.291 e. The average molecular weight is 350 g/mol. The van der Waals surface area contributed by atoms with Gasteiger partial charge < -0.3 is 11.1 Å². The van der Waals surface area contributed by atoms with Gasteiger partial charge in [0.05, 0.1) is 4.47 Å². The van der Waals surface area contributed by atoms with Crippen LogP contribution in [0.1, 0.15) is 24.5 Å². The highest BCUT2D eigenvalue weighted by Gasteiger charge is 2.22. The van der Waals surface area contributed by atoms with Crippen molar-refractivity contribution in [3.05, 3.63) is 22.7 Å². The molecule has 3 N–H and O–H groups in total. The number of rotatable bonds is 3. The Labute approximate surface area is 124 Å². The molecule has 9 heteroatoms. The van der Waals surface area contributed by atoms with Crippen LogP contribution in [0.15, 0.2) is 16.9 Å². The number of nitrogens with zero attached hydrogens (tertiary/aromatic N) is 4. The summed E-state index contributed by atoms with van der Waals surface area (Å²) in [5.74, 6) is 0.0723. The van der Waals surface area contributed by atoms with E-state index in [9.17, 15) is 4.79 Å². The molecule has 0 saturated heterocycles. The minimum absolute atomic E-state index is 0. The molecule has 0 bridgehead atoms. The third kappa shape index (κ3) is 3.62. The monoisotopic (exact) mass is 348 g/mol. The first-order valence-corrected chi connectivity index (χ1v) is 6.11. The lowest BCUT2D eigenvalue weighted by atomic mass is 10.1. The molecule has 0 spiro atoms. The van der Waals surface area contributed by atoms with Crippen molar-refractivity contribution in [3.8, 4) is 0 Å². The lowest BCUT2D eigenvalue weighted by Gasteiger charge is -2.23. The Morgan fingerprint density at radius 2 is 2.26 bits per heavy atom. The number of halogens is 2. The highest BCUT2D eigenvalue weighted by molar-refractivity contribution is 9.10. The molecular weight excluding hydrogens is 336 g/mol. The van der Waals surface area contributed by atoms with E-state index in [2.05, 4.69) is 36.3 Å². The second-order valence-electron chi connectivity index (χ2n) is 4.49. The molecular formula is C10H14BrClN6O. The fourth-order valence-electron chi connectivity index (χ4n) is 1.27. The molecule has 2 aromatic rings. The maximum absolute atomic E-state index is 11.9. The first-order chi connectivity index (χ1) is 8.41. The van der Waals surface area contributed by atoms with Crippen molar-refractivity contribution in [1.29, 1.82) is 0 Å². The number of nitrogens with two attached hydrogens (primary N) is 1. The molecule has 7 nitrogen and oxygen atoms in total. The lowest BCUT2D eigenvalue weighted by molar-refractivity contribution is 0.0905. The Hall–Kier alpha value is -1.25. The Morgan fingerprint density at radius 1 is 1.58 bits per heavy atom. The van der Waals surface area contributed by atoms with Gasteiger partial charge in [0.2, 0.25) is 5.82 Å². The maximum atomic E-state index is 11.9. The number of hydrogen-bond donors (Lipinski definition) is 2. The zero-order valence-electron chi connectivity index (χ0n) is 10.4. The van der Waals surface area contributed by atoms with Gasteiger partial charge in [-0.25, -0.2) is 9.50 Å². The number of aromatic nitrogens is 4. The lowest BCUT2D eigenvalue weighted by Crippen LogP contribution is -2.49. The second-order valence-corrected chi connectivity index (χ2v) is 5.41. The first-order valence-electron chi connectivity index (χ1n) is 5.32. The molecule has 0 saturated carbocycles. The molecule has 0 fully saturated rings. The summed E-state index contributed by atoms with van der Waals surface area (Å²) in [5.41, 5.74) is 5.05. The van der Waals surface area contributed by atoms with Crippen LogP contribution >= 0.6 is 28.3 Å². The number of fused-ring (bicyclic) bond motifs is 1. The van der Waals surface area contributed by atoms with E-state index in [-0.39, 0.29) is 24.1 Å². The molecule has 19 heavy (non-hydrogen) atoms. The number of hydrogen-bond acceptors (Lipinski definition) is 5. The summed E-state index contributed by atoms with van der Waals surface area (Å²) in [6.07, 6.45) is 3.27. The predicted octanol–water partition coefficient (Wildman–Crippen LogP) is 0.776. The Balaban J connectivity index is 0.00000180. The van der Waals surface area contributed by atoms with Crippen LogP contribution in [0.5, 0.6) is 0 Å². The third-order valence-corrected chi connectivity index (χ3v) is 2.74. The van der Waals surface area contributed by atoms with Crippen molar-refractivity contribution in [2.24, 2.45) is 5.73 Å². The standard InChI is InChI=1S/C10H13BrN6O.ClH/c1-10(2,5-12)15-8(18)7-14-9-13-3-6(11)4-17(9)16-7;/h3-4H,5,12H2,1-2H3,(H,15,18);1H. The van der Waals surface area contributed by atoms with E-state index in [1.165, 1.54) is 4.52 Å². The van der Waals surface area contributed by atoms with Crippen molar-refractivity contribution in [1.82, 2.24) is 24.9 Å². The number of nitrogens with one attached hydrogen (secondary N) is 1. The summed E-state index contributed by atoms with van der Waals surface area (Å²) in [4.78, 5) is 20.0. The Bertz CT molecular complexity index is 599. The highest BCUT2D eigenvalue weighted by Crippen LogP contribution is 2.08. The van der Waals surface area contributed by atoms with Gasteiger partial charge in [0.1, 0.15) is 0 Å². The largest absolute Gasteiger partial charge is 0.343 e. The van der Waals surface area contributed by atoms with E-state index in [0.717, 1.165) is 4.47 Å². The average Bonchev–Trinajstić information content (AvgIpc) is 2.71. The van der Waals surface area contributed by atoms with Crippen LogP contribution in [0.2, 0.25) is 0 Å². The topological polar surface area (TPSA) is 98.2 Å². The highest BCUT2D eigenvalue weighted by atomic mass is 79.9. The van der Waals surface area contributed by atoms with Gasteiger partial charge in [-0.05, 0) is 29.8 Å². The van der Waals surface area contributed by atoms with Gasteiger partial charge >= 0.3 is 0 Å². The van der Waals surface area contributed by atoms with E-state index in [4.69, 9.17) is 5.73 Å². The third-order valence-electron chi connectivity index (χ3n) is 2.33. The van der Waals surface area contributed by atoms with Crippen LogP contribution in [0.3, 0.4) is 0 Å². The van der Waals surface area contributed by atoms with Gasteiger partial charge in [0.25, 0.3) is 11.7 Å². The minimum atomic E-state index is -0.497. The summed E-state index contributed by atoms with van der Waals surface area (Å²) >= 11 is 3.27. The number of carbonyl (C=O) groups excluding carboxylic acids is 1. The summed E-state index contributed by atoms with van der Waals surface area (Å²) in [6, 6.07) is 0. The van der Waals surface area contributed by atoms with E-state index in [1.807, 2.05) is 13.8 Å². The van der Waals surface area contributed by atoms with Gasteiger partial charge in [0, 0.05) is 24.5 Å². The van der Waals surface area contributed by atoms with Crippen LogP contribution in [0.25, 0.3) is 5.78 Å². The molecule has 0 radical (unpaired) electrons. The van der Waals surface area contributed by atoms with Crippen molar-refractivity contribution >= 4 is 40.0 Å². The summed E-state index contributed by atoms with van der Waals surface area (Å²) in [6.45, 7) is 3.99. The summed E-state index contributed by atoms with van der Waals surface area (Å²) in [5, 5.41) is 6.81. The van der Waals surface area contributed by atoms with Gasteiger partial charge in [-0.15, -0.1) is 17.5 Å². The normalized spacial score (nSPS) is 11.2. The smallest absolute Gasteiger partial charge is 0.291 e. The van der Waals surface area contributed by atoms with Crippen molar-refractivity contribution < 1.29 is 4.79 Å². The SMILES string of the molecule is CC(C)(CN)NC(=O)c1nc2ncc(Br)cn2n1.Cl. The van der Waals surface area contributed by atoms with E-state index < -0.39 is 5.54 Å². The zero-order valence-corrected chi connectivity index (χ0v) is 12.8. The van der Waals surface area contributed by atoms with E-state index >= 15 is 0 Å². The molecule has 0 aliphatic carbocycles. The fourth-order valence-corrected chi connectivity index (χ4v) is 1.57. The van der Waals surface area contributed by atoms with Gasteiger partial charge in [-0.1, -0.05) is 0 Å². The summed E-state index contributed by atoms with van der Waals surface area (Å²) < 4.78 is 2.20. The van der Waals surface area contributed by atoms with Crippen LogP contribution in [0.4, 0.5) is 0 Å². The van der Waals surface area contributed by atoms with Crippen LogP contribution in [0, 0.1) is 0 Å². The van der Waals surface area contributed by atoms with Gasteiger partial charge in [-0.2, -0.15) is 4.98 Å². The molecule has 2 rings (SSSR count). The zero-order chi connectivity index (χ0) is 13.3. The Morgan fingerprint density at radius 3 is 2.89 bits per heavy atom. The van der Waals surface area contributed by atoms with Crippen LogP contribution < -0.4 is 11.1 Å². The Kier molecular flexibility index (Phi) is 4.83. The van der Waals surface area contributed by atoms with Crippen molar-refractivity contribution in [2.75, 3.05) is 6.54 Å². The number of amides is 1. The minimum Gasteiger partial charge on any atom is -0.343 e. The molecule has 0 aromatic carbocycles. The van der Waals surface area contributed by atoms with Gasteiger partial charge in [0.15, 0.2) is 0 Å². The van der Waals surface area contributed by atoms with Crippen molar-refractivity contribution in [2.45, 2.75) is 19.4 Å². The van der Waals surface area contributed by atoms with Gasteiger partial charge in [-0.3, -0.25) is 4.79 Å². The molecule has 0 atom stereocenters. The summed E-state index contributed by atoms with van der Waals surface area (Å²) in [7, 11) is 0. The molecule has 0 aliphatic rings. The van der Waals surface area contributed by atoms with E-state index in [1.54, 1.807) is 12.4 Å².